The summed E-state index contributed by atoms with van der Waals surface area (Å²) in [5, 5.41) is 3.35. The number of nitrogens with one attached hydrogen (secondary N) is 1. The van der Waals surface area contributed by atoms with Gasteiger partial charge < -0.3 is 5.32 Å². The first-order valence-electron chi connectivity index (χ1n) is 4.58. The smallest absolute Gasteiger partial charge is 0.0323 e. The number of hydrogen-bond donors (Lipinski definition) is 1. The van der Waals surface area contributed by atoms with Crippen molar-refractivity contribution in [1.29, 1.82) is 0 Å². The lowest BCUT2D eigenvalue weighted by Crippen LogP contribution is -2.12. The Balaban J connectivity index is 2.46. The lowest BCUT2D eigenvalue weighted by atomic mass is 10.0. The highest BCUT2D eigenvalue weighted by Gasteiger charge is 2.21. The number of fused-ring (bicyclic) bond motifs is 1. The first-order valence-corrected chi connectivity index (χ1v) is 4.58. The molecule has 0 amide bonds. The molecule has 2 rings (SSSR count). The van der Waals surface area contributed by atoms with E-state index >= 15 is 0 Å². The SMILES string of the molecule is CN[C@H]1CCc2c(C)cccc21. The second-order valence-corrected chi connectivity index (χ2v) is 3.52. The van der Waals surface area contributed by atoms with Gasteiger partial charge >= 0.3 is 0 Å². The Bertz CT molecular complexity index is 291. The summed E-state index contributed by atoms with van der Waals surface area (Å²) >= 11 is 0. The van der Waals surface area contributed by atoms with Crippen molar-refractivity contribution in [3.63, 3.8) is 0 Å². The van der Waals surface area contributed by atoms with Crippen LogP contribution < -0.4 is 5.32 Å². The number of benzene rings is 1. The Morgan fingerprint density at radius 1 is 1.42 bits per heavy atom. The van der Waals surface area contributed by atoms with Crippen LogP contribution in [0.2, 0.25) is 0 Å². The summed E-state index contributed by atoms with van der Waals surface area (Å²) in [6.07, 6.45) is 2.50. The van der Waals surface area contributed by atoms with Crippen molar-refractivity contribution in [2.45, 2.75) is 25.8 Å². The quantitative estimate of drug-likeness (QED) is 0.666. The maximum atomic E-state index is 3.35. The van der Waals surface area contributed by atoms with Gasteiger partial charge in [0.25, 0.3) is 0 Å². The maximum absolute atomic E-state index is 3.35. The van der Waals surface area contributed by atoms with E-state index in [1.807, 2.05) is 7.05 Å². The fourth-order valence-electron chi connectivity index (χ4n) is 2.14. The van der Waals surface area contributed by atoms with Crippen LogP contribution in [-0.4, -0.2) is 7.05 Å². The monoisotopic (exact) mass is 161 g/mol. The van der Waals surface area contributed by atoms with E-state index in [2.05, 4.69) is 30.4 Å². The van der Waals surface area contributed by atoms with Gasteiger partial charge in [0, 0.05) is 6.04 Å². The molecule has 0 unspecified atom stereocenters. The summed E-state index contributed by atoms with van der Waals surface area (Å²) in [4.78, 5) is 0. The molecular formula is C11H15N. The number of hydrogen-bond acceptors (Lipinski definition) is 1. The molecule has 1 heteroatoms. The van der Waals surface area contributed by atoms with Gasteiger partial charge in [-0.2, -0.15) is 0 Å². The summed E-state index contributed by atoms with van der Waals surface area (Å²) < 4.78 is 0. The van der Waals surface area contributed by atoms with Gasteiger partial charge in [0.1, 0.15) is 0 Å². The third-order valence-electron chi connectivity index (χ3n) is 2.85. The number of aryl methyl sites for hydroxylation is 1. The standard InChI is InChI=1S/C11H15N/c1-8-4-3-5-10-9(8)6-7-11(10)12-2/h3-5,11-12H,6-7H2,1-2H3/t11-/m0/s1. The molecule has 0 aliphatic heterocycles. The lowest BCUT2D eigenvalue weighted by molar-refractivity contribution is 0.590. The van der Waals surface area contributed by atoms with Gasteiger partial charge in [-0.25, -0.2) is 0 Å². The van der Waals surface area contributed by atoms with E-state index in [-0.39, 0.29) is 0 Å². The lowest BCUT2D eigenvalue weighted by Gasteiger charge is -2.09. The van der Waals surface area contributed by atoms with Crippen LogP contribution in [0.25, 0.3) is 0 Å². The molecule has 1 aliphatic rings. The van der Waals surface area contributed by atoms with E-state index in [9.17, 15) is 0 Å². The van der Waals surface area contributed by atoms with Crippen molar-refractivity contribution in [2.24, 2.45) is 0 Å². The van der Waals surface area contributed by atoms with Gasteiger partial charge in [-0.1, -0.05) is 18.2 Å². The van der Waals surface area contributed by atoms with E-state index in [0.29, 0.717) is 6.04 Å². The molecule has 0 saturated heterocycles. The predicted octanol–water partition coefficient (Wildman–Crippen LogP) is 2.20. The van der Waals surface area contributed by atoms with Crippen molar-refractivity contribution < 1.29 is 0 Å². The zero-order chi connectivity index (χ0) is 8.55. The minimum Gasteiger partial charge on any atom is -0.313 e. The van der Waals surface area contributed by atoms with Crippen LogP contribution in [0.5, 0.6) is 0 Å². The van der Waals surface area contributed by atoms with Crippen LogP contribution in [0.15, 0.2) is 18.2 Å². The molecule has 1 atom stereocenters. The van der Waals surface area contributed by atoms with Crippen molar-refractivity contribution >= 4 is 0 Å². The highest BCUT2D eigenvalue weighted by atomic mass is 14.9. The topological polar surface area (TPSA) is 12.0 Å². The van der Waals surface area contributed by atoms with Crippen LogP contribution in [0.4, 0.5) is 0 Å². The Morgan fingerprint density at radius 3 is 3.00 bits per heavy atom. The Kier molecular flexibility index (Phi) is 1.89. The van der Waals surface area contributed by atoms with Crippen molar-refractivity contribution in [2.75, 3.05) is 7.05 Å². The van der Waals surface area contributed by atoms with Crippen LogP contribution in [0.1, 0.15) is 29.2 Å². The first-order chi connectivity index (χ1) is 5.83. The van der Waals surface area contributed by atoms with E-state index in [1.165, 1.54) is 24.0 Å². The molecule has 1 nitrogen and oxygen atoms in total. The Morgan fingerprint density at radius 2 is 2.25 bits per heavy atom. The van der Waals surface area contributed by atoms with Crippen molar-refractivity contribution in [3.8, 4) is 0 Å². The van der Waals surface area contributed by atoms with Crippen molar-refractivity contribution in [1.82, 2.24) is 5.32 Å². The average molecular weight is 161 g/mol. The van der Waals surface area contributed by atoms with Gasteiger partial charge in [0.15, 0.2) is 0 Å². The van der Waals surface area contributed by atoms with E-state index < -0.39 is 0 Å². The Hall–Kier alpha value is -0.820. The fourth-order valence-corrected chi connectivity index (χ4v) is 2.14. The van der Waals surface area contributed by atoms with Gasteiger partial charge in [-0.3, -0.25) is 0 Å². The average Bonchev–Trinajstić information content (AvgIpc) is 2.49. The molecular weight excluding hydrogens is 146 g/mol. The van der Waals surface area contributed by atoms with Gasteiger partial charge in [0.05, 0.1) is 0 Å². The highest BCUT2D eigenvalue weighted by molar-refractivity contribution is 5.40. The zero-order valence-corrected chi connectivity index (χ0v) is 7.72. The molecule has 0 spiro atoms. The van der Waals surface area contributed by atoms with Gasteiger partial charge in [0.2, 0.25) is 0 Å². The van der Waals surface area contributed by atoms with Gasteiger partial charge in [-0.05, 0) is 43.5 Å². The maximum Gasteiger partial charge on any atom is 0.0323 e. The number of rotatable bonds is 1. The second-order valence-electron chi connectivity index (χ2n) is 3.52. The zero-order valence-electron chi connectivity index (χ0n) is 7.72. The van der Waals surface area contributed by atoms with Crippen LogP contribution >= 0.6 is 0 Å². The minimum atomic E-state index is 0.597. The fraction of sp³-hybridized carbons (Fsp3) is 0.455. The molecule has 0 fully saturated rings. The highest BCUT2D eigenvalue weighted by Crippen LogP contribution is 2.32. The largest absolute Gasteiger partial charge is 0.313 e. The Labute approximate surface area is 73.8 Å². The summed E-state index contributed by atoms with van der Waals surface area (Å²) in [6.45, 7) is 2.21. The summed E-state index contributed by atoms with van der Waals surface area (Å²) in [5.41, 5.74) is 4.53. The third-order valence-corrected chi connectivity index (χ3v) is 2.85. The van der Waals surface area contributed by atoms with Gasteiger partial charge in [-0.15, -0.1) is 0 Å². The molecule has 0 heterocycles. The molecule has 12 heavy (non-hydrogen) atoms. The summed E-state index contributed by atoms with van der Waals surface area (Å²) in [7, 11) is 2.04. The first kappa shape index (κ1) is 7.81. The molecule has 1 aliphatic carbocycles. The summed E-state index contributed by atoms with van der Waals surface area (Å²) in [5.74, 6) is 0. The second kappa shape index (κ2) is 2.91. The van der Waals surface area contributed by atoms with Crippen LogP contribution in [0, 0.1) is 6.92 Å². The minimum absolute atomic E-state index is 0.597. The molecule has 1 N–H and O–H groups in total. The van der Waals surface area contributed by atoms with E-state index in [1.54, 1.807) is 5.56 Å². The molecule has 0 saturated carbocycles. The third kappa shape index (κ3) is 1.05. The molecule has 1 aromatic rings. The molecule has 0 aromatic heterocycles. The summed E-state index contributed by atoms with van der Waals surface area (Å²) in [6, 6.07) is 7.21. The molecule has 0 radical (unpaired) electrons. The van der Waals surface area contributed by atoms with E-state index in [4.69, 9.17) is 0 Å². The van der Waals surface area contributed by atoms with Crippen LogP contribution in [-0.2, 0) is 6.42 Å². The molecule has 1 aromatic carbocycles. The normalized spacial score (nSPS) is 21.0. The predicted molar refractivity (Wildman–Crippen MR) is 51.3 cm³/mol. The van der Waals surface area contributed by atoms with Crippen molar-refractivity contribution in [3.05, 3.63) is 34.9 Å². The van der Waals surface area contributed by atoms with Crippen LogP contribution in [0.3, 0.4) is 0 Å². The molecule has 64 valence electrons. The van der Waals surface area contributed by atoms with E-state index in [0.717, 1.165) is 0 Å². The molecule has 0 bridgehead atoms.